The summed E-state index contributed by atoms with van der Waals surface area (Å²) in [6.45, 7) is 3.21. The molecule has 26 heavy (non-hydrogen) atoms. The number of pyridine rings is 1. The van der Waals surface area contributed by atoms with E-state index in [4.69, 9.17) is 5.26 Å². The molecular formula is C19H16N4O2S. The summed E-state index contributed by atoms with van der Waals surface area (Å²) in [7, 11) is 0. The number of nitrogens with one attached hydrogen (secondary N) is 1. The summed E-state index contributed by atoms with van der Waals surface area (Å²) in [5.74, 6) is -0.495. The Morgan fingerprint density at radius 1 is 1.27 bits per heavy atom. The summed E-state index contributed by atoms with van der Waals surface area (Å²) in [5, 5.41) is 11.6. The fourth-order valence-electron chi connectivity index (χ4n) is 2.47. The third kappa shape index (κ3) is 3.76. The van der Waals surface area contributed by atoms with Gasteiger partial charge in [-0.15, -0.1) is 11.3 Å². The molecule has 0 bridgehead atoms. The number of amides is 1. The van der Waals surface area contributed by atoms with Crippen LogP contribution < -0.4 is 5.32 Å². The minimum Gasteiger partial charge on any atom is -0.333 e. The van der Waals surface area contributed by atoms with Crippen molar-refractivity contribution in [3.8, 4) is 6.07 Å². The predicted octanol–water partition coefficient (Wildman–Crippen LogP) is 3.15. The molecule has 3 rings (SSSR count). The summed E-state index contributed by atoms with van der Waals surface area (Å²) < 4.78 is 0.861. The number of fused-ring (bicyclic) bond motifs is 1. The van der Waals surface area contributed by atoms with Crippen LogP contribution in [0.3, 0.4) is 0 Å². The van der Waals surface area contributed by atoms with Crippen LogP contribution in [0.5, 0.6) is 0 Å². The fraction of sp³-hybridized carbons (Fsp3) is 0.211. The number of aromatic nitrogens is 2. The molecule has 1 amide bonds. The van der Waals surface area contributed by atoms with Crippen LogP contribution in [-0.4, -0.2) is 27.2 Å². The number of nitrogens with zero attached hydrogens (tertiary/aromatic N) is 3. The largest absolute Gasteiger partial charge is 0.333 e. The van der Waals surface area contributed by atoms with Gasteiger partial charge in [-0.1, -0.05) is 6.07 Å². The molecule has 1 N–H and O–H groups in total. The van der Waals surface area contributed by atoms with Crippen molar-refractivity contribution in [2.75, 3.05) is 0 Å². The van der Waals surface area contributed by atoms with Gasteiger partial charge in [0.05, 0.1) is 21.8 Å². The maximum atomic E-state index is 12.7. The summed E-state index contributed by atoms with van der Waals surface area (Å²) in [6.07, 6.45) is 1.64. The molecule has 7 heteroatoms. The molecule has 130 valence electrons. The first-order valence-corrected chi connectivity index (χ1v) is 8.82. The first-order chi connectivity index (χ1) is 12.4. The number of thiazole rings is 1. The Kier molecular flexibility index (Phi) is 4.78. The van der Waals surface area contributed by atoms with E-state index in [1.54, 1.807) is 37.6 Å². The van der Waals surface area contributed by atoms with Crippen LogP contribution in [0.2, 0.25) is 0 Å². The maximum Gasteiger partial charge on any atom is 0.271 e. The highest BCUT2D eigenvalue weighted by molar-refractivity contribution is 7.17. The Bertz CT molecular complexity index is 1030. The van der Waals surface area contributed by atoms with Crippen molar-refractivity contribution in [1.29, 1.82) is 5.26 Å². The molecule has 0 radical (unpaired) electrons. The van der Waals surface area contributed by atoms with Gasteiger partial charge in [0.25, 0.3) is 5.91 Å². The highest BCUT2D eigenvalue weighted by atomic mass is 32.1. The van der Waals surface area contributed by atoms with Crippen LogP contribution in [-0.2, 0) is 6.42 Å². The SMILES string of the molecule is CC(C)(C#N)NC(=O)c1cc(CC(=O)c2cccc3ncsc23)ccn1. The summed E-state index contributed by atoms with van der Waals surface area (Å²) in [4.78, 5) is 33.2. The Morgan fingerprint density at radius 3 is 2.85 bits per heavy atom. The smallest absolute Gasteiger partial charge is 0.271 e. The first-order valence-electron chi connectivity index (χ1n) is 7.94. The van der Waals surface area contributed by atoms with Gasteiger partial charge in [0, 0.05) is 18.2 Å². The quantitative estimate of drug-likeness (QED) is 0.702. The average Bonchev–Trinajstić information content (AvgIpc) is 3.10. The van der Waals surface area contributed by atoms with Gasteiger partial charge in [0.1, 0.15) is 11.2 Å². The van der Waals surface area contributed by atoms with E-state index in [1.165, 1.54) is 17.5 Å². The number of carbonyl (C=O) groups is 2. The van der Waals surface area contributed by atoms with Gasteiger partial charge in [-0.2, -0.15) is 5.26 Å². The van der Waals surface area contributed by atoms with E-state index in [9.17, 15) is 9.59 Å². The van der Waals surface area contributed by atoms with Crippen molar-refractivity contribution in [3.63, 3.8) is 0 Å². The second-order valence-corrected chi connectivity index (χ2v) is 7.20. The summed E-state index contributed by atoms with van der Waals surface area (Å²) in [5.41, 5.74) is 3.01. The van der Waals surface area contributed by atoms with Crippen LogP contribution in [0.4, 0.5) is 0 Å². The summed E-state index contributed by atoms with van der Waals surface area (Å²) >= 11 is 1.43. The van der Waals surface area contributed by atoms with Gasteiger partial charge in [0.15, 0.2) is 5.78 Å². The molecule has 6 nitrogen and oxygen atoms in total. The minimum atomic E-state index is -0.994. The number of Topliss-reactive ketones (excluding diaryl/α,β-unsaturated/α-hetero) is 1. The van der Waals surface area contributed by atoms with E-state index < -0.39 is 11.4 Å². The lowest BCUT2D eigenvalue weighted by molar-refractivity contribution is 0.0922. The van der Waals surface area contributed by atoms with Crippen LogP contribution in [0.1, 0.15) is 40.3 Å². The van der Waals surface area contributed by atoms with Crippen molar-refractivity contribution < 1.29 is 9.59 Å². The van der Waals surface area contributed by atoms with Crippen molar-refractivity contribution >= 4 is 33.2 Å². The fourth-order valence-corrected chi connectivity index (χ4v) is 3.29. The molecule has 0 aliphatic rings. The zero-order valence-electron chi connectivity index (χ0n) is 14.3. The molecule has 2 aromatic heterocycles. The number of ketones is 1. The molecular weight excluding hydrogens is 348 g/mol. The molecule has 3 aromatic rings. The van der Waals surface area contributed by atoms with Crippen LogP contribution in [0.25, 0.3) is 10.2 Å². The lowest BCUT2D eigenvalue weighted by Crippen LogP contribution is -2.42. The third-order valence-electron chi connectivity index (χ3n) is 3.78. The lowest BCUT2D eigenvalue weighted by Gasteiger charge is -2.17. The van der Waals surface area contributed by atoms with Crippen molar-refractivity contribution in [2.24, 2.45) is 0 Å². The second kappa shape index (κ2) is 7.02. The number of nitriles is 1. The van der Waals surface area contributed by atoms with E-state index >= 15 is 0 Å². The normalized spacial score (nSPS) is 11.1. The van der Waals surface area contributed by atoms with Crippen molar-refractivity contribution in [3.05, 3.63) is 58.9 Å². The Balaban J connectivity index is 1.81. The molecule has 2 heterocycles. The summed E-state index contributed by atoms with van der Waals surface area (Å²) in [6, 6.07) is 10.8. The van der Waals surface area contributed by atoms with Gasteiger partial charge >= 0.3 is 0 Å². The molecule has 0 unspecified atom stereocenters. The molecule has 1 aromatic carbocycles. The third-order valence-corrected chi connectivity index (χ3v) is 4.66. The van der Waals surface area contributed by atoms with Crippen LogP contribution in [0, 0.1) is 11.3 Å². The minimum absolute atomic E-state index is 0.0465. The van der Waals surface area contributed by atoms with E-state index in [1.807, 2.05) is 18.2 Å². The zero-order chi connectivity index (χ0) is 18.7. The zero-order valence-corrected chi connectivity index (χ0v) is 15.1. The molecule has 0 aliphatic heterocycles. The maximum absolute atomic E-state index is 12.7. The van der Waals surface area contributed by atoms with Crippen LogP contribution in [0.15, 0.2) is 42.0 Å². The molecule has 0 saturated heterocycles. The molecule has 0 aliphatic carbocycles. The number of hydrogen-bond donors (Lipinski definition) is 1. The average molecular weight is 364 g/mol. The van der Waals surface area contributed by atoms with E-state index in [-0.39, 0.29) is 17.9 Å². The number of rotatable bonds is 5. The van der Waals surface area contributed by atoms with E-state index in [0.717, 1.165) is 10.2 Å². The van der Waals surface area contributed by atoms with Gasteiger partial charge in [-0.3, -0.25) is 14.6 Å². The standard InChI is InChI=1S/C19H16N4O2S/c1-19(2,10-20)23-18(25)15-8-12(6-7-21-15)9-16(24)13-4-3-5-14-17(13)26-11-22-14/h3-8,11H,9H2,1-2H3,(H,23,25). The van der Waals surface area contributed by atoms with Gasteiger partial charge in [-0.05, 0) is 43.7 Å². The Morgan fingerprint density at radius 2 is 2.08 bits per heavy atom. The predicted molar refractivity (Wildman–Crippen MR) is 99.0 cm³/mol. The molecule has 0 spiro atoms. The number of carbonyl (C=O) groups excluding carboxylic acids is 2. The van der Waals surface area contributed by atoms with Crippen LogP contribution >= 0.6 is 11.3 Å². The highest BCUT2D eigenvalue weighted by Crippen LogP contribution is 2.23. The highest BCUT2D eigenvalue weighted by Gasteiger charge is 2.21. The second-order valence-electron chi connectivity index (χ2n) is 6.35. The number of benzene rings is 1. The monoisotopic (exact) mass is 364 g/mol. The Hall–Kier alpha value is -3.11. The van der Waals surface area contributed by atoms with Crippen molar-refractivity contribution in [2.45, 2.75) is 25.8 Å². The first kappa shape index (κ1) is 17.7. The van der Waals surface area contributed by atoms with Gasteiger partial charge < -0.3 is 5.32 Å². The topological polar surface area (TPSA) is 95.7 Å². The Labute approximate surface area is 154 Å². The molecule has 0 atom stereocenters. The molecule has 0 saturated carbocycles. The van der Waals surface area contributed by atoms with Gasteiger partial charge in [-0.25, -0.2) is 4.98 Å². The molecule has 0 fully saturated rings. The van der Waals surface area contributed by atoms with Crippen molar-refractivity contribution in [1.82, 2.24) is 15.3 Å². The van der Waals surface area contributed by atoms with E-state index in [2.05, 4.69) is 15.3 Å². The lowest BCUT2D eigenvalue weighted by atomic mass is 10.0. The van der Waals surface area contributed by atoms with E-state index in [0.29, 0.717) is 11.1 Å². The van der Waals surface area contributed by atoms with Gasteiger partial charge in [0.2, 0.25) is 0 Å². The number of hydrogen-bond acceptors (Lipinski definition) is 6.